The van der Waals surface area contributed by atoms with Crippen LogP contribution in [0.1, 0.15) is 22.3 Å². The van der Waals surface area contributed by atoms with Crippen LogP contribution in [0.5, 0.6) is 5.75 Å². The lowest BCUT2D eigenvalue weighted by Gasteiger charge is -2.34. The predicted octanol–water partition coefficient (Wildman–Crippen LogP) is 2.53. The van der Waals surface area contributed by atoms with Gasteiger partial charge in [-0.15, -0.1) is 0 Å². The molecular formula is C21H29N2O+. The summed E-state index contributed by atoms with van der Waals surface area (Å²) in [6.45, 7) is 12.3. The normalized spacial score (nSPS) is 15.6. The number of hydrogen-bond donors (Lipinski definition) is 1. The van der Waals surface area contributed by atoms with Crippen molar-refractivity contribution >= 4 is 5.69 Å². The summed E-state index contributed by atoms with van der Waals surface area (Å²) in [6.07, 6.45) is 0. The SMILES string of the molecule is COc1ccc(C[NH+]2CCN(c3ccccc3C)CC2)c(C)c1C. The number of quaternary nitrogens is 1. The Hall–Kier alpha value is -2.00. The quantitative estimate of drug-likeness (QED) is 0.930. The van der Waals surface area contributed by atoms with E-state index in [0.717, 1.165) is 25.4 Å². The van der Waals surface area contributed by atoms with Crippen LogP contribution in [0.15, 0.2) is 36.4 Å². The highest BCUT2D eigenvalue weighted by molar-refractivity contribution is 5.53. The van der Waals surface area contributed by atoms with Gasteiger partial charge < -0.3 is 14.5 Å². The minimum atomic E-state index is 0.996. The molecule has 2 aromatic carbocycles. The van der Waals surface area contributed by atoms with Gasteiger partial charge in [0.15, 0.2) is 0 Å². The van der Waals surface area contributed by atoms with Gasteiger partial charge in [0.1, 0.15) is 12.3 Å². The Morgan fingerprint density at radius 3 is 2.33 bits per heavy atom. The number of methoxy groups -OCH3 is 1. The van der Waals surface area contributed by atoms with Gasteiger partial charge in [0, 0.05) is 11.3 Å². The summed E-state index contributed by atoms with van der Waals surface area (Å²) in [4.78, 5) is 4.21. The second kappa shape index (κ2) is 7.27. The van der Waals surface area contributed by atoms with E-state index in [1.807, 2.05) is 0 Å². The molecule has 0 amide bonds. The van der Waals surface area contributed by atoms with Crippen molar-refractivity contribution in [2.75, 3.05) is 38.2 Å². The number of ether oxygens (including phenoxy) is 1. The molecule has 0 bridgehead atoms. The molecule has 2 aromatic rings. The molecule has 1 saturated heterocycles. The van der Waals surface area contributed by atoms with Gasteiger partial charge in [0.2, 0.25) is 0 Å². The van der Waals surface area contributed by atoms with Crippen molar-refractivity contribution in [2.45, 2.75) is 27.3 Å². The van der Waals surface area contributed by atoms with E-state index in [1.54, 1.807) is 12.0 Å². The highest BCUT2D eigenvalue weighted by atomic mass is 16.5. The van der Waals surface area contributed by atoms with Crippen molar-refractivity contribution < 1.29 is 9.64 Å². The lowest BCUT2D eigenvalue weighted by atomic mass is 10.0. The first-order valence-corrected chi connectivity index (χ1v) is 8.87. The van der Waals surface area contributed by atoms with Gasteiger partial charge >= 0.3 is 0 Å². The summed E-state index contributed by atoms with van der Waals surface area (Å²) < 4.78 is 5.43. The van der Waals surface area contributed by atoms with Gasteiger partial charge in [-0.2, -0.15) is 0 Å². The number of aryl methyl sites for hydroxylation is 1. The van der Waals surface area contributed by atoms with E-state index in [1.165, 1.54) is 41.0 Å². The fourth-order valence-corrected chi connectivity index (χ4v) is 3.69. The summed E-state index contributed by atoms with van der Waals surface area (Å²) in [5.74, 6) is 0.996. The Bertz CT molecular complexity index is 703. The van der Waals surface area contributed by atoms with Crippen LogP contribution in [-0.2, 0) is 6.54 Å². The van der Waals surface area contributed by atoms with Crippen molar-refractivity contribution in [1.82, 2.24) is 0 Å². The van der Waals surface area contributed by atoms with Crippen LogP contribution in [-0.4, -0.2) is 33.3 Å². The molecule has 1 fully saturated rings. The molecule has 0 unspecified atom stereocenters. The predicted molar refractivity (Wildman–Crippen MR) is 100 cm³/mol. The van der Waals surface area contributed by atoms with E-state index >= 15 is 0 Å². The molecule has 3 rings (SSSR count). The third kappa shape index (κ3) is 3.41. The Kier molecular flexibility index (Phi) is 5.10. The van der Waals surface area contributed by atoms with E-state index in [0.29, 0.717) is 0 Å². The van der Waals surface area contributed by atoms with E-state index < -0.39 is 0 Å². The van der Waals surface area contributed by atoms with Gasteiger partial charge in [-0.05, 0) is 55.7 Å². The number of piperazine rings is 1. The third-order valence-electron chi connectivity index (χ3n) is 5.44. The number of anilines is 1. The van der Waals surface area contributed by atoms with Crippen molar-refractivity contribution in [3.63, 3.8) is 0 Å². The summed E-state index contributed by atoms with van der Waals surface area (Å²) in [7, 11) is 1.75. The number of para-hydroxylation sites is 1. The summed E-state index contributed by atoms with van der Waals surface area (Å²) in [6, 6.07) is 13.1. The Balaban J connectivity index is 1.64. The molecule has 1 aliphatic heterocycles. The molecule has 0 aliphatic carbocycles. The molecular weight excluding hydrogens is 296 g/mol. The highest BCUT2D eigenvalue weighted by Crippen LogP contribution is 2.23. The molecule has 0 atom stereocenters. The monoisotopic (exact) mass is 325 g/mol. The fraction of sp³-hybridized carbons (Fsp3) is 0.429. The third-order valence-corrected chi connectivity index (χ3v) is 5.44. The van der Waals surface area contributed by atoms with Crippen LogP contribution in [0, 0.1) is 20.8 Å². The summed E-state index contributed by atoms with van der Waals surface area (Å²) in [5.41, 5.74) is 6.87. The molecule has 128 valence electrons. The molecule has 1 aliphatic rings. The lowest BCUT2D eigenvalue weighted by Crippen LogP contribution is -3.13. The molecule has 3 heteroatoms. The molecule has 1 heterocycles. The van der Waals surface area contributed by atoms with Gasteiger partial charge in [0.25, 0.3) is 0 Å². The van der Waals surface area contributed by atoms with Crippen LogP contribution in [0.2, 0.25) is 0 Å². The maximum atomic E-state index is 5.43. The zero-order valence-electron chi connectivity index (χ0n) is 15.4. The maximum absolute atomic E-state index is 5.43. The zero-order valence-corrected chi connectivity index (χ0v) is 15.4. The average Bonchev–Trinajstić information content (AvgIpc) is 2.60. The van der Waals surface area contributed by atoms with Gasteiger partial charge in [-0.1, -0.05) is 18.2 Å². The number of benzene rings is 2. The van der Waals surface area contributed by atoms with Crippen LogP contribution < -0.4 is 14.5 Å². The minimum Gasteiger partial charge on any atom is -0.496 e. The Morgan fingerprint density at radius 1 is 0.958 bits per heavy atom. The molecule has 0 saturated carbocycles. The zero-order chi connectivity index (χ0) is 17.1. The molecule has 1 N–H and O–H groups in total. The molecule has 0 spiro atoms. The molecule has 3 nitrogen and oxygen atoms in total. The first-order valence-electron chi connectivity index (χ1n) is 8.87. The standard InChI is InChI=1S/C21H28N2O/c1-16-7-5-6-8-20(16)23-13-11-22(12-14-23)15-19-9-10-21(24-4)18(3)17(19)2/h5-10H,11-15H2,1-4H3/p+1. The average molecular weight is 325 g/mol. The van der Waals surface area contributed by atoms with Gasteiger partial charge in [-0.25, -0.2) is 0 Å². The maximum Gasteiger partial charge on any atom is 0.122 e. The minimum absolute atomic E-state index is 0.996. The highest BCUT2D eigenvalue weighted by Gasteiger charge is 2.22. The van der Waals surface area contributed by atoms with Crippen molar-refractivity contribution in [1.29, 1.82) is 0 Å². The van der Waals surface area contributed by atoms with E-state index in [-0.39, 0.29) is 0 Å². The first-order chi connectivity index (χ1) is 11.6. The summed E-state index contributed by atoms with van der Waals surface area (Å²) in [5, 5.41) is 0. The topological polar surface area (TPSA) is 16.9 Å². The van der Waals surface area contributed by atoms with E-state index in [4.69, 9.17) is 4.74 Å². The second-order valence-electron chi connectivity index (χ2n) is 6.88. The Labute approximate surface area is 145 Å². The van der Waals surface area contributed by atoms with E-state index in [9.17, 15) is 0 Å². The number of hydrogen-bond acceptors (Lipinski definition) is 2. The number of nitrogens with one attached hydrogen (secondary N) is 1. The van der Waals surface area contributed by atoms with Crippen molar-refractivity contribution in [3.8, 4) is 5.75 Å². The van der Waals surface area contributed by atoms with Crippen LogP contribution in [0.4, 0.5) is 5.69 Å². The summed E-state index contributed by atoms with van der Waals surface area (Å²) >= 11 is 0. The fourth-order valence-electron chi connectivity index (χ4n) is 3.69. The Morgan fingerprint density at radius 2 is 1.67 bits per heavy atom. The smallest absolute Gasteiger partial charge is 0.122 e. The number of rotatable bonds is 4. The first kappa shape index (κ1) is 16.8. The molecule has 0 radical (unpaired) electrons. The largest absolute Gasteiger partial charge is 0.496 e. The van der Waals surface area contributed by atoms with Crippen LogP contribution in [0.25, 0.3) is 0 Å². The van der Waals surface area contributed by atoms with Gasteiger partial charge in [-0.3, -0.25) is 0 Å². The second-order valence-corrected chi connectivity index (χ2v) is 6.88. The van der Waals surface area contributed by atoms with Crippen LogP contribution >= 0.6 is 0 Å². The van der Waals surface area contributed by atoms with Gasteiger partial charge in [0.05, 0.1) is 33.3 Å². The molecule has 24 heavy (non-hydrogen) atoms. The lowest BCUT2D eigenvalue weighted by molar-refractivity contribution is -0.914. The van der Waals surface area contributed by atoms with Crippen molar-refractivity contribution in [3.05, 3.63) is 58.7 Å². The van der Waals surface area contributed by atoms with Crippen molar-refractivity contribution in [2.24, 2.45) is 0 Å². The van der Waals surface area contributed by atoms with E-state index in [2.05, 4.69) is 62.1 Å². The molecule has 0 aromatic heterocycles. The number of nitrogens with zero attached hydrogens (tertiary/aromatic N) is 1. The van der Waals surface area contributed by atoms with Crippen LogP contribution in [0.3, 0.4) is 0 Å².